The third-order valence-corrected chi connectivity index (χ3v) is 4.17. The first kappa shape index (κ1) is 16.7. The number of amides is 1. The molecule has 0 aromatic rings. The van der Waals surface area contributed by atoms with Crippen molar-refractivity contribution in [3.05, 3.63) is 0 Å². The van der Waals surface area contributed by atoms with E-state index >= 15 is 0 Å². The van der Waals surface area contributed by atoms with Gasteiger partial charge in [0.25, 0.3) is 0 Å². The van der Waals surface area contributed by atoms with Gasteiger partial charge in [0.2, 0.25) is 5.91 Å². The molecule has 3 N–H and O–H groups in total. The second-order valence-electron chi connectivity index (χ2n) is 5.89. The van der Waals surface area contributed by atoms with Crippen LogP contribution >= 0.6 is 0 Å². The molecular formula is C15H29N3O3. The Balaban J connectivity index is 1.62. The van der Waals surface area contributed by atoms with Gasteiger partial charge in [-0.3, -0.25) is 4.79 Å². The first-order valence-electron chi connectivity index (χ1n) is 8.23. The molecule has 2 fully saturated rings. The highest BCUT2D eigenvalue weighted by atomic mass is 16.7. The minimum Gasteiger partial charge on any atom is -0.355 e. The fourth-order valence-corrected chi connectivity index (χ4v) is 2.97. The predicted octanol–water partition coefficient (Wildman–Crippen LogP) is 0.317. The minimum atomic E-state index is -0.0211. The fraction of sp³-hybridized carbons (Fsp3) is 0.933. The molecule has 2 atom stereocenters. The first-order chi connectivity index (χ1) is 10.3. The lowest BCUT2D eigenvalue weighted by Gasteiger charge is -2.32. The zero-order chi connectivity index (χ0) is 14.9. The second kappa shape index (κ2) is 9.35. The monoisotopic (exact) mass is 299 g/mol. The molecule has 2 heterocycles. The van der Waals surface area contributed by atoms with Crippen molar-refractivity contribution in [2.75, 3.05) is 45.9 Å². The molecule has 21 heavy (non-hydrogen) atoms. The fourth-order valence-electron chi connectivity index (χ4n) is 2.97. The molecule has 0 aromatic heterocycles. The number of likely N-dealkylation sites (tertiary alicyclic amines) is 1. The van der Waals surface area contributed by atoms with Crippen LogP contribution < -0.4 is 11.1 Å². The van der Waals surface area contributed by atoms with Crippen molar-refractivity contribution in [3.8, 4) is 0 Å². The summed E-state index contributed by atoms with van der Waals surface area (Å²) >= 11 is 0. The summed E-state index contributed by atoms with van der Waals surface area (Å²) in [5.41, 5.74) is 5.42. The van der Waals surface area contributed by atoms with Gasteiger partial charge in [0.15, 0.2) is 6.29 Å². The molecule has 2 unspecified atom stereocenters. The molecule has 0 saturated carbocycles. The van der Waals surface area contributed by atoms with Crippen LogP contribution in [0, 0.1) is 5.92 Å². The molecule has 6 nitrogen and oxygen atoms in total. The zero-order valence-electron chi connectivity index (χ0n) is 12.9. The number of hydrogen-bond donors (Lipinski definition) is 2. The van der Waals surface area contributed by atoms with E-state index < -0.39 is 0 Å². The number of carbonyl (C=O) groups excluding carboxylic acids is 1. The Hall–Kier alpha value is -0.690. The van der Waals surface area contributed by atoms with E-state index in [1.54, 1.807) is 0 Å². The smallest absolute Gasteiger partial charge is 0.224 e. The topological polar surface area (TPSA) is 76.8 Å². The third kappa shape index (κ3) is 5.90. The standard InChI is InChI=1S/C15H29N3O3/c16-6-7-17-15(19)13-4-3-8-18(12-13)9-11-21-14-5-1-2-10-20-14/h13-14H,1-12,16H2,(H,17,19). The normalized spacial score (nSPS) is 27.5. The number of hydrogen-bond acceptors (Lipinski definition) is 5. The van der Waals surface area contributed by atoms with Crippen LogP contribution in [0.25, 0.3) is 0 Å². The van der Waals surface area contributed by atoms with Gasteiger partial charge < -0.3 is 25.4 Å². The van der Waals surface area contributed by atoms with Crippen molar-refractivity contribution in [1.29, 1.82) is 0 Å². The van der Waals surface area contributed by atoms with Gasteiger partial charge >= 0.3 is 0 Å². The quantitative estimate of drug-likeness (QED) is 0.708. The Morgan fingerprint density at radius 3 is 3.00 bits per heavy atom. The van der Waals surface area contributed by atoms with Crippen LogP contribution in [0.2, 0.25) is 0 Å². The van der Waals surface area contributed by atoms with E-state index in [1.807, 2.05) is 0 Å². The van der Waals surface area contributed by atoms with Crippen molar-refractivity contribution in [2.24, 2.45) is 11.7 Å². The van der Waals surface area contributed by atoms with E-state index in [2.05, 4.69) is 10.2 Å². The lowest BCUT2D eigenvalue weighted by molar-refractivity contribution is -0.165. The molecule has 2 rings (SSSR count). The van der Waals surface area contributed by atoms with Gasteiger partial charge in [-0.1, -0.05) is 0 Å². The average molecular weight is 299 g/mol. The average Bonchev–Trinajstić information content (AvgIpc) is 2.54. The highest BCUT2D eigenvalue weighted by Gasteiger charge is 2.25. The molecule has 0 bridgehead atoms. The molecular weight excluding hydrogens is 270 g/mol. The third-order valence-electron chi connectivity index (χ3n) is 4.17. The Morgan fingerprint density at radius 1 is 1.33 bits per heavy atom. The van der Waals surface area contributed by atoms with E-state index in [0.717, 1.165) is 51.9 Å². The largest absolute Gasteiger partial charge is 0.355 e. The summed E-state index contributed by atoms with van der Waals surface area (Å²) in [5.74, 6) is 0.234. The Morgan fingerprint density at radius 2 is 2.24 bits per heavy atom. The Bertz CT molecular complexity index is 309. The van der Waals surface area contributed by atoms with Crippen LogP contribution in [0.5, 0.6) is 0 Å². The van der Waals surface area contributed by atoms with Gasteiger partial charge in [0.05, 0.1) is 12.5 Å². The van der Waals surface area contributed by atoms with Crippen LogP contribution in [0.3, 0.4) is 0 Å². The summed E-state index contributed by atoms with van der Waals surface area (Å²) in [7, 11) is 0. The number of carbonyl (C=O) groups is 1. The number of nitrogens with two attached hydrogens (primary N) is 1. The lowest BCUT2D eigenvalue weighted by Crippen LogP contribution is -2.45. The molecule has 2 saturated heterocycles. The van der Waals surface area contributed by atoms with Crippen LogP contribution in [-0.2, 0) is 14.3 Å². The minimum absolute atomic E-state index is 0.0211. The van der Waals surface area contributed by atoms with Crippen molar-refractivity contribution in [3.63, 3.8) is 0 Å². The SMILES string of the molecule is NCCNC(=O)C1CCCN(CCOC2CCCCO2)C1. The number of ether oxygens (including phenoxy) is 2. The van der Waals surface area contributed by atoms with E-state index in [-0.39, 0.29) is 18.1 Å². The predicted molar refractivity (Wildman–Crippen MR) is 80.8 cm³/mol. The molecule has 1 amide bonds. The summed E-state index contributed by atoms with van der Waals surface area (Å²) in [4.78, 5) is 14.3. The van der Waals surface area contributed by atoms with Crippen molar-refractivity contribution in [1.82, 2.24) is 10.2 Å². The van der Waals surface area contributed by atoms with E-state index in [9.17, 15) is 4.79 Å². The Labute approximate surface area is 127 Å². The van der Waals surface area contributed by atoms with Crippen molar-refractivity contribution >= 4 is 5.91 Å². The summed E-state index contributed by atoms with van der Waals surface area (Å²) in [6.07, 6.45) is 5.36. The van der Waals surface area contributed by atoms with Gasteiger partial charge in [-0.25, -0.2) is 0 Å². The molecule has 0 radical (unpaired) electrons. The van der Waals surface area contributed by atoms with Crippen LogP contribution in [0.4, 0.5) is 0 Å². The number of rotatable bonds is 7. The maximum Gasteiger partial charge on any atom is 0.224 e. The van der Waals surface area contributed by atoms with Crippen LogP contribution in [-0.4, -0.2) is 63.0 Å². The number of piperidine rings is 1. The van der Waals surface area contributed by atoms with E-state index in [0.29, 0.717) is 19.7 Å². The summed E-state index contributed by atoms with van der Waals surface area (Å²) in [6.45, 7) is 5.32. The molecule has 0 aromatic carbocycles. The summed E-state index contributed by atoms with van der Waals surface area (Å²) in [5, 5.41) is 2.89. The molecule has 6 heteroatoms. The maximum atomic E-state index is 12.0. The molecule has 2 aliphatic rings. The maximum absolute atomic E-state index is 12.0. The molecule has 2 aliphatic heterocycles. The van der Waals surface area contributed by atoms with Crippen LogP contribution in [0.1, 0.15) is 32.1 Å². The zero-order valence-corrected chi connectivity index (χ0v) is 12.9. The van der Waals surface area contributed by atoms with Gasteiger partial charge in [-0.2, -0.15) is 0 Å². The van der Waals surface area contributed by atoms with Crippen molar-refractivity contribution < 1.29 is 14.3 Å². The number of nitrogens with zero attached hydrogens (tertiary/aromatic N) is 1. The Kier molecular flexibility index (Phi) is 7.43. The number of nitrogens with one attached hydrogen (secondary N) is 1. The summed E-state index contributed by atoms with van der Waals surface area (Å²) in [6, 6.07) is 0. The lowest BCUT2D eigenvalue weighted by atomic mass is 9.97. The second-order valence-corrected chi connectivity index (χ2v) is 5.89. The van der Waals surface area contributed by atoms with Gasteiger partial charge in [-0.05, 0) is 38.6 Å². The van der Waals surface area contributed by atoms with Crippen LogP contribution in [0.15, 0.2) is 0 Å². The highest BCUT2D eigenvalue weighted by molar-refractivity contribution is 5.78. The summed E-state index contributed by atoms with van der Waals surface area (Å²) < 4.78 is 11.3. The molecule has 0 aliphatic carbocycles. The van der Waals surface area contributed by atoms with E-state index in [1.165, 1.54) is 6.42 Å². The molecule has 122 valence electrons. The highest BCUT2D eigenvalue weighted by Crippen LogP contribution is 2.17. The van der Waals surface area contributed by atoms with Gasteiger partial charge in [0, 0.05) is 32.8 Å². The van der Waals surface area contributed by atoms with Crippen molar-refractivity contribution in [2.45, 2.75) is 38.4 Å². The van der Waals surface area contributed by atoms with Gasteiger partial charge in [0.1, 0.15) is 0 Å². The first-order valence-corrected chi connectivity index (χ1v) is 8.23. The van der Waals surface area contributed by atoms with E-state index in [4.69, 9.17) is 15.2 Å². The van der Waals surface area contributed by atoms with Gasteiger partial charge in [-0.15, -0.1) is 0 Å². The molecule has 0 spiro atoms.